The first-order valence-corrected chi connectivity index (χ1v) is 6.11. The Bertz CT molecular complexity index is 264. The summed E-state index contributed by atoms with van der Waals surface area (Å²) in [6.45, 7) is 15.9. The van der Waals surface area contributed by atoms with Crippen molar-refractivity contribution in [2.24, 2.45) is 0 Å². The molecule has 2 heterocycles. The van der Waals surface area contributed by atoms with E-state index in [2.05, 4.69) is 44.1 Å². The van der Waals surface area contributed by atoms with Crippen molar-refractivity contribution in [1.29, 1.82) is 0 Å². The quantitative estimate of drug-likeness (QED) is 0.603. The number of fused-ring (bicyclic) bond motifs is 1. The van der Waals surface area contributed by atoms with Crippen LogP contribution >= 0.6 is 0 Å². The molecule has 0 aromatic carbocycles. The summed E-state index contributed by atoms with van der Waals surface area (Å²) < 4.78 is 0. The van der Waals surface area contributed by atoms with Crippen LogP contribution in [0.25, 0.3) is 0 Å². The van der Waals surface area contributed by atoms with E-state index in [-0.39, 0.29) is 0 Å². The largest absolute Gasteiger partial charge is 0.369 e. The van der Waals surface area contributed by atoms with Gasteiger partial charge in [-0.3, -0.25) is 4.90 Å². The smallest absolute Gasteiger partial charge is 0.0418 e. The van der Waals surface area contributed by atoms with E-state index in [9.17, 15) is 0 Å². The van der Waals surface area contributed by atoms with Gasteiger partial charge in [0.1, 0.15) is 0 Å². The van der Waals surface area contributed by atoms with Crippen molar-refractivity contribution in [2.75, 3.05) is 13.1 Å². The molecule has 15 heavy (non-hydrogen) atoms. The van der Waals surface area contributed by atoms with E-state index in [1.165, 1.54) is 31.6 Å². The van der Waals surface area contributed by atoms with Gasteiger partial charge >= 0.3 is 0 Å². The third-order valence-electron chi connectivity index (χ3n) is 3.88. The number of nitrogens with zero attached hydrogens (tertiary/aromatic N) is 2. The molecule has 0 aromatic rings. The molecule has 2 heteroatoms. The molecule has 0 N–H and O–H groups in total. The van der Waals surface area contributed by atoms with Gasteiger partial charge in [0.05, 0.1) is 0 Å². The molecule has 0 bridgehead atoms. The molecule has 2 rings (SSSR count). The van der Waals surface area contributed by atoms with Crippen molar-refractivity contribution in [3.8, 4) is 0 Å². The Kier molecular flexibility index (Phi) is 2.58. The number of piperazine rings is 1. The first kappa shape index (κ1) is 11.0. The molecule has 2 saturated heterocycles. The highest BCUT2D eigenvalue weighted by Crippen LogP contribution is 2.33. The summed E-state index contributed by atoms with van der Waals surface area (Å²) in [5.74, 6) is 0. The lowest BCUT2D eigenvalue weighted by molar-refractivity contribution is 0.00820. The molecule has 0 spiro atoms. The van der Waals surface area contributed by atoms with Crippen LogP contribution in [0.5, 0.6) is 0 Å². The van der Waals surface area contributed by atoms with E-state index in [0.717, 1.165) is 6.04 Å². The van der Waals surface area contributed by atoms with E-state index in [1.807, 2.05) is 0 Å². The van der Waals surface area contributed by atoms with Crippen LogP contribution in [0.2, 0.25) is 0 Å². The van der Waals surface area contributed by atoms with Crippen LogP contribution in [-0.4, -0.2) is 40.5 Å². The van der Waals surface area contributed by atoms with E-state index < -0.39 is 0 Å². The fourth-order valence-corrected chi connectivity index (χ4v) is 3.08. The molecular weight excluding hydrogens is 184 g/mol. The van der Waals surface area contributed by atoms with Crippen LogP contribution in [-0.2, 0) is 0 Å². The number of hydrogen-bond donors (Lipinski definition) is 0. The molecular formula is C13H24N2. The van der Waals surface area contributed by atoms with Crippen LogP contribution < -0.4 is 0 Å². The average molecular weight is 208 g/mol. The highest BCUT2D eigenvalue weighted by atomic mass is 15.3. The molecule has 2 fully saturated rings. The summed E-state index contributed by atoms with van der Waals surface area (Å²) in [6, 6.07) is 1.38. The monoisotopic (exact) mass is 208 g/mol. The predicted molar refractivity (Wildman–Crippen MR) is 64.8 cm³/mol. The summed E-state index contributed by atoms with van der Waals surface area (Å²) in [5.41, 5.74) is 1.66. The van der Waals surface area contributed by atoms with Crippen molar-refractivity contribution in [3.63, 3.8) is 0 Å². The van der Waals surface area contributed by atoms with Crippen LogP contribution in [0.15, 0.2) is 12.3 Å². The van der Waals surface area contributed by atoms with Crippen molar-refractivity contribution < 1.29 is 0 Å². The molecule has 2 nitrogen and oxygen atoms in total. The van der Waals surface area contributed by atoms with Gasteiger partial charge in [-0.05, 0) is 40.5 Å². The molecule has 0 radical (unpaired) electrons. The molecule has 2 aliphatic heterocycles. The predicted octanol–water partition coefficient (Wildman–Crippen LogP) is 2.47. The second kappa shape index (κ2) is 3.51. The second-order valence-electron chi connectivity index (χ2n) is 6.08. The topological polar surface area (TPSA) is 6.48 Å². The molecule has 86 valence electrons. The maximum atomic E-state index is 4.17. The van der Waals surface area contributed by atoms with E-state index in [4.69, 9.17) is 0 Å². The molecule has 2 atom stereocenters. The first-order valence-electron chi connectivity index (χ1n) is 6.11. The van der Waals surface area contributed by atoms with Gasteiger partial charge in [0, 0.05) is 36.4 Å². The Morgan fingerprint density at radius 3 is 2.53 bits per heavy atom. The van der Waals surface area contributed by atoms with Crippen LogP contribution in [0, 0.1) is 0 Å². The highest BCUT2D eigenvalue weighted by molar-refractivity contribution is 5.09. The van der Waals surface area contributed by atoms with Crippen molar-refractivity contribution in [3.05, 3.63) is 12.3 Å². The zero-order chi connectivity index (χ0) is 11.2. The minimum atomic E-state index is 0.301. The minimum Gasteiger partial charge on any atom is -0.369 e. The SMILES string of the molecule is C=C1CCC2CN(C(C)(C)C)[C@@H](C)CN12. The van der Waals surface area contributed by atoms with Gasteiger partial charge in [0.25, 0.3) is 0 Å². The second-order valence-corrected chi connectivity index (χ2v) is 6.08. The fourth-order valence-electron chi connectivity index (χ4n) is 3.08. The summed E-state index contributed by atoms with van der Waals surface area (Å²) in [7, 11) is 0. The van der Waals surface area contributed by atoms with Gasteiger partial charge in [-0.1, -0.05) is 6.58 Å². The van der Waals surface area contributed by atoms with Gasteiger partial charge in [0.2, 0.25) is 0 Å². The molecule has 0 aliphatic carbocycles. The lowest BCUT2D eigenvalue weighted by Crippen LogP contribution is -2.60. The minimum absolute atomic E-state index is 0.301. The third-order valence-corrected chi connectivity index (χ3v) is 3.88. The maximum Gasteiger partial charge on any atom is 0.0418 e. The average Bonchev–Trinajstić information content (AvgIpc) is 2.45. The van der Waals surface area contributed by atoms with Crippen molar-refractivity contribution in [2.45, 2.75) is 58.2 Å². The fraction of sp³-hybridized carbons (Fsp3) is 0.846. The van der Waals surface area contributed by atoms with Crippen LogP contribution in [0.1, 0.15) is 40.5 Å². The zero-order valence-corrected chi connectivity index (χ0v) is 10.6. The summed E-state index contributed by atoms with van der Waals surface area (Å²) in [4.78, 5) is 5.18. The Labute approximate surface area is 93.9 Å². The van der Waals surface area contributed by atoms with Crippen molar-refractivity contribution in [1.82, 2.24) is 9.80 Å². The van der Waals surface area contributed by atoms with Gasteiger partial charge in [-0.2, -0.15) is 0 Å². The molecule has 2 aliphatic rings. The lowest BCUT2D eigenvalue weighted by atomic mass is 9.98. The van der Waals surface area contributed by atoms with Gasteiger partial charge in [0.15, 0.2) is 0 Å². The number of rotatable bonds is 0. The van der Waals surface area contributed by atoms with Crippen LogP contribution in [0.4, 0.5) is 0 Å². The van der Waals surface area contributed by atoms with Gasteiger partial charge in [-0.15, -0.1) is 0 Å². The molecule has 0 amide bonds. The first-order chi connectivity index (χ1) is 6.89. The van der Waals surface area contributed by atoms with Crippen LogP contribution in [0.3, 0.4) is 0 Å². The molecule has 1 unspecified atom stereocenters. The number of hydrogen-bond acceptors (Lipinski definition) is 2. The van der Waals surface area contributed by atoms with E-state index in [1.54, 1.807) is 0 Å². The Morgan fingerprint density at radius 2 is 1.93 bits per heavy atom. The Hall–Kier alpha value is -0.500. The van der Waals surface area contributed by atoms with Gasteiger partial charge < -0.3 is 4.90 Å². The zero-order valence-electron chi connectivity index (χ0n) is 10.6. The number of allylic oxidation sites excluding steroid dienone is 1. The normalized spacial score (nSPS) is 33.3. The lowest BCUT2D eigenvalue weighted by Gasteiger charge is -2.49. The highest BCUT2D eigenvalue weighted by Gasteiger charge is 2.39. The standard InChI is InChI=1S/C13H24N2/c1-10-6-7-12-9-15(13(3,4)5)11(2)8-14(10)12/h11-12H,1,6-9H2,2-5H3/t11-,12?/m0/s1. The van der Waals surface area contributed by atoms with E-state index in [0.29, 0.717) is 11.6 Å². The van der Waals surface area contributed by atoms with Crippen molar-refractivity contribution >= 4 is 0 Å². The summed E-state index contributed by atoms with van der Waals surface area (Å²) >= 11 is 0. The molecule has 0 aromatic heterocycles. The Balaban J connectivity index is 2.12. The van der Waals surface area contributed by atoms with Gasteiger partial charge in [-0.25, -0.2) is 0 Å². The van der Waals surface area contributed by atoms with E-state index >= 15 is 0 Å². The maximum absolute atomic E-state index is 4.17. The Morgan fingerprint density at radius 1 is 1.27 bits per heavy atom. The summed E-state index contributed by atoms with van der Waals surface area (Å²) in [6.07, 6.45) is 2.51. The third kappa shape index (κ3) is 1.92. The molecule has 0 saturated carbocycles. The summed E-state index contributed by atoms with van der Waals surface area (Å²) in [5, 5.41) is 0.